The molecular weight excluding hydrogens is 573 g/mol. The van der Waals surface area contributed by atoms with E-state index < -0.39 is 33.6 Å². The van der Waals surface area contributed by atoms with Gasteiger partial charge in [0.1, 0.15) is 5.82 Å². The Hall–Kier alpha value is -3.65. The van der Waals surface area contributed by atoms with Crippen LogP contribution in [-0.2, 0) is 22.0 Å². The van der Waals surface area contributed by atoms with Crippen LogP contribution >= 0.6 is 0 Å². The fraction of sp³-hybridized carbons (Fsp3) is 0.464. The second kappa shape index (κ2) is 12.3. The third-order valence-electron chi connectivity index (χ3n) is 7.39. The fourth-order valence-corrected chi connectivity index (χ4v) is 6.83. The van der Waals surface area contributed by atoms with Crippen LogP contribution in [0.5, 0.6) is 0 Å². The van der Waals surface area contributed by atoms with Gasteiger partial charge >= 0.3 is 6.18 Å². The molecule has 2 aliphatic rings. The highest BCUT2D eigenvalue weighted by atomic mass is 32.2. The van der Waals surface area contributed by atoms with Crippen LogP contribution in [-0.4, -0.2) is 67.9 Å². The van der Waals surface area contributed by atoms with Gasteiger partial charge in [-0.05, 0) is 42.9 Å². The van der Waals surface area contributed by atoms with Crippen molar-refractivity contribution in [3.8, 4) is 0 Å². The average Bonchev–Trinajstić information content (AvgIpc) is 3.27. The molecule has 0 bridgehead atoms. The van der Waals surface area contributed by atoms with Crippen molar-refractivity contribution in [2.75, 3.05) is 54.4 Å². The van der Waals surface area contributed by atoms with E-state index in [0.29, 0.717) is 51.5 Å². The first-order valence-electron chi connectivity index (χ1n) is 13.9. The fourth-order valence-electron chi connectivity index (χ4n) is 5.27. The number of benzene rings is 1. The molecule has 2 aromatic heterocycles. The van der Waals surface area contributed by atoms with E-state index in [0.717, 1.165) is 18.4 Å². The summed E-state index contributed by atoms with van der Waals surface area (Å²) < 4.78 is 74.0. The zero-order valence-corrected chi connectivity index (χ0v) is 24.0. The molecule has 1 amide bonds. The van der Waals surface area contributed by atoms with Gasteiger partial charge in [-0.1, -0.05) is 37.3 Å². The number of anilines is 3. The summed E-state index contributed by atoms with van der Waals surface area (Å²) in [6.07, 6.45) is -1.17. The van der Waals surface area contributed by atoms with E-state index in [1.165, 1.54) is 16.6 Å². The highest BCUT2D eigenvalue weighted by molar-refractivity contribution is 7.88. The Labute approximate surface area is 242 Å². The molecule has 1 aromatic carbocycles. The van der Waals surface area contributed by atoms with Crippen molar-refractivity contribution in [2.24, 2.45) is 5.92 Å². The molecule has 1 unspecified atom stereocenters. The molecule has 0 aliphatic carbocycles. The lowest BCUT2D eigenvalue weighted by atomic mass is 10.0. The van der Waals surface area contributed by atoms with Crippen molar-refractivity contribution in [1.82, 2.24) is 14.3 Å². The number of hydrogen-bond acceptors (Lipinski definition) is 8. The van der Waals surface area contributed by atoms with Crippen LogP contribution in [0.4, 0.5) is 30.7 Å². The second-order valence-corrected chi connectivity index (χ2v) is 12.7. The minimum Gasteiger partial charge on any atom is -0.417 e. The molecule has 5 rings (SSSR count). The average molecular weight is 607 g/mol. The van der Waals surface area contributed by atoms with Gasteiger partial charge in [0.2, 0.25) is 15.8 Å². The third kappa shape index (κ3) is 7.04. The van der Waals surface area contributed by atoms with Crippen molar-refractivity contribution >= 4 is 33.5 Å². The lowest BCUT2D eigenvalue weighted by Crippen LogP contribution is -2.36. The van der Waals surface area contributed by atoms with E-state index in [1.54, 1.807) is 35.2 Å². The largest absolute Gasteiger partial charge is 0.437 e. The standard InChI is InChI=1S/C28H33F3N6O4S/c1-20-7-5-12-36(18-20)27-34-25(28(29,30)31)24(41-27)26(38)33-22-10-11-23(32-17-22)35-13-6-14-37(16-15-35)42(39,40)19-21-8-3-2-4-9-21/h2-4,8-11,17,20H,5-7,12-16,18-19H2,1H3,(H,33,38). The predicted octanol–water partition coefficient (Wildman–Crippen LogP) is 4.62. The number of halogens is 3. The molecule has 0 saturated carbocycles. The van der Waals surface area contributed by atoms with Gasteiger partial charge in [-0.15, -0.1) is 0 Å². The summed E-state index contributed by atoms with van der Waals surface area (Å²) in [5.41, 5.74) is -0.458. The molecule has 1 N–H and O–H groups in total. The number of carbonyl (C=O) groups is 1. The molecule has 2 aliphatic heterocycles. The highest BCUT2D eigenvalue weighted by Gasteiger charge is 2.42. The van der Waals surface area contributed by atoms with Crippen LogP contribution in [0.15, 0.2) is 53.1 Å². The van der Waals surface area contributed by atoms with Gasteiger partial charge in [0.05, 0.1) is 17.6 Å². The maximum Gasteiger partial charge on any atom is 0.437 e. The molecular formula is C28H33F3N6O4S. The summed E-state index contributed by atoms with van der Waals surface area (Å²) in [4.78, 5) is 24.4. The summed E-state index contributed by atoms with van der Waals surface area (Å²) in [7, 11) is -3.49. The van der Waals surface area contributed by atoms with Crippen LogP contribution in [0, 0.1) is 5.92 Å². The van der Waals surface area contributed by atoms with E-state index in [2.05, 4.69) is 15.3 Å². The number of sulfonamides is 1. The van der Waals surface area contributed by atoms with Gasteiger partial charge in [0, 0.05) is 39.3 Å². The van der Waals surface area contributed by atoms with Crippen molar-refractivity contribution in [2.45, 2.75) is 38.1 Å². The van der Waals surface area contributed by atoms with Gasteiger partial charge in [-0.25, -0.2) is 13.4 Å². The number of rotatable bonds is 7. The molecule has 4 heterocycles. The minimum atomic E-state index is -4.87. The minimum absolute atomic E-state index is 0.0691. The number of hydrogen-bond donors (Lipinski definition) is 1. The smallest absolute Gasteiger partial charge is 0.417 e. The van der Waals surface area contributed by atoms with Crippen molar-refractivity contribution in [3.05, 3.63) is 65.7 Å². The number of carbonyl (C=O) groups excluding carboxylic acids is 1. The van der Waals surface area contributed by atoms with E-state index in [9.17, 15) is 26.4 Å². The molecule has 2 fully saturated rings. The molecule has 3 aromatic rings. The van der Waals surface area contributed by atoms with E-state index in [1.807, 2.05) is 17.9 Å². The summed E-state index contributed by atoms with van der Waals surface area (Å²) >= 11 is 0. The van der Waals surface area contributed by atoms with E-state index in [-0.39, 0.29) is 23.4 Å². The number of amides is 1. The Morgan fingerprint density at radius 3 is 2.48 bits per heavy atom. The normalized spacial score (nSPS) is 19.0. The number of piperidine rings is 1. The predicted molar refractivity (Wildman–Crippen MR) is 152 cm³/mol. The lowest BCUT2D eigenvalue weighted by Gasteiger charge is -2.29. The number of alkyl halides is 3. The first kappa shape index (κ1) is 29.8. The van der Waals surface area contributed by atoms with Crippen molar-refractivity contribution in [3.63, 3.8) is 0 Å². The molecule has 14 heteroatoms. The van der Waals surface area contributed by atoms with Crippen LogP contribution in [0.1, 0.15) is 48.0 Å². The topological polar surface area (TPSA) is 112 Å². The summed E-state index contributed by atoms with van der Waals surface area (Å²) in [5.74, 6) is -1.21. The molecule has 42 heavy (non-hydrogen) atoms. The molecule has 0 radical (unpaired) electrons. The quantitative estimate of drug-likeness (QED) is 0.415. The molecule has 0 spiro atoms. The first-order chi connectivity index (χ1) is 20.0. The van der Waals surface area contributed by atoms with Crippen LogP contribution < -0.4 is 15.1 Å². The van der Waals surface area contributed by atoms with Gasteiger partial charge in [-0.3, -0.25) is 4.79 Å². The number of nitrogens with zero attached hydrogens (tertiary/aromatic N) is 5. The Kier molecular flexibility index (Phi) is 8.73. The van der Waals surface area contributed by atoms with Crippen LogP contribution in [0.2, 0.25) is 0 Å². The van der Waals surface area contributed by atoms with E-state index >= 15 is 0 Å². The van der Waals surface area contributed by atoms with E-state index in [4.69, 9.17) is 4.42 Å². The lowest BCUT2D eigenvalue weighted by molar-refractivity contribution is -0.141. The Morgan fingerprint density at radius 1 is 1.02 bits per heavy atom. The first-order valence-corrected chi connectivity index (χ1v) is 15.5. The molecule has 226 valence electrons. The maximum atomic E-state index is 13.7. The number of pyridine rings is 1. The summed E-state index contributed by atoms with van der Waals surface area (Å²) in [6, 6.07) is 12.0. The Bertz CT molecular complexity index is 1480. The molecule has 10 nitrogen and oxygen atoms in total. The second-order valence-electron chi connectivity index (χ2n) is 10.7. The summed E-state index contributed by atoms with van der Waals surface area (Å²) in [5, 5.41) is 2.43. The number of nitrogens with one attached hydrogen (secondary N) is 1. The Morgan fingerprint density at radius 2 is 1.79 bits per heavy atom. The SMILES string of the molecule is CC1CCCN(c2nc(C(F)(F)F)c(C(=O)Nc3ccc(N4CCCN(S(=O)(=O)Cc5ccccc5)CC4)nc3)o2)C1. The van der Waals surface area contributed by atoms with Crippen LogP contribution in [0.3, 0.4) is 0 Å². The Balaban J connectivity index is 1.23. The van der Waals surface area contributed by atoms with Crippen molar-refractivity contribution < 1.29 is 30.8 Å². The maximum absolute atomic E-state index is 13.7. The molecule has 2 saturated heterocycles. The van der Waals surface area contributed by atoms with Crippen molar-refractivity contribution in [1.29, 1.82) is 0 Å². The number of oxazole rings is 1. The zero-order valence-electron chi connectivity index (χ0n) is 23.2. The third-order valence-corrected chi connectivity index (χ3v) is 9.24. The van der Waals surface area contributed by atoms with Gasteiger partial charge in [-0.2, -0.15) is 22.5 Å². The molecule has 1 atom stereocenters. The highest BCUT2D eigenvalue weighted by Crippen LogP contribution is 2.35. The monoisotopic (exact) mass is 606 g/mol. The van der Waals surface area contributed by atoms with Gasteiger partial charge in [0.15, 0.2) is 5.69 Å². The van der Waals surface area contributed by atoms with Crippen LogP contribution in [0.25, 0.3) is 0 Å². The van der Waals surface area contributed by atoms with Gasteiger partial charge < -0.3 is 19.5 Å². The number of aromatic nitrogens is 2. The van der Waals surface area contributed by atoms with Gasteiger partial charge in [0.25, 0.3) is 11.9 Å². The summed E-state index contributed by atoms with van der Waals surface area (Å²) in [6.45, 7) is 4.66. The zero-order chi connectivity index (χ0) is 29.9.